The number of benzene rings is 1. The lowest BCUT2D eigenvalue weighted by Crippen LogP contribution is -1.97. The molecule has 0 unspecified atom stereocenters. The Labute approximate surface area is 114 Å². The Morgan fingerprint density at radius 2 is 1.95 bits per heavy atom. The zero-order chi connectivity index (χ0) is 14.4. The van der Waals surface area contributed by atoms with Gasteiger partial charge in [-0.1, -0.05) is 11.8 Å². The first-order chi connectivity index (χ1) is 9.67. The molecule has 5 heteroatoms. The molecule has 0 amide bonds. The average molecular weight is 275 g/mol. The molecule has 1 aromatic heterocycles. The standard InChI is InChI=1S/C15H11F2NO2/c16-13-4-11(2-1-3-19)6-15(7-13)20-10-12-5-14(17)9-18-8-12/h4-9,19H,3,10H2. The third-order valence-corrected chi connectivity index (χ3v) is 2.35. The van der Waals surface area contributed by atoms with Gasteiger partial charge >= 0.3 is 0 Å². The number of rotatable bonds is 3. The predicted octanol–water partition coefficient (Wildman–Crippen LogP) is 2.28. The van der Waals surface area contributed by atoms with E-state index in [2.05, 4.69) is 16.8 Å². The fourth-order valence-electron chi connectivity index (χ4n) is 1.56. The molecule has 0 bridgehead atoms. The summed E-state index contributed by atoms with van der Waals surface area (Å²) in [5.74, 6) is 4.33. The van der Waals surface area contributed by atoms with Crippen LogP contribution in [0.3, 0.4) is 0 Å². The van der Waals surface area contributed by atoms with Crippen LogP contribution in [-0.4, -0.2) is 16.7 Å². The van der Waals surface area contributed by atoms with Gasteiger partial charge in [0.25, 0.3) is 0 Å². The molecule has 102 valence electrons. The van der Waals surface area contributed by atoms with Gasteiger partial charge in [-0.05, 0) is 18.2 Å². The van der Waals surface area contributed by atoms with E-state index < -0.39 is 11.6 Å². The summed E-state index contributed by atoms with van der Waals surface area (Å²) in [5, 5.41) is 8.60. The molecular formula is C15H11F2NO2. The van der Waals surface area contributed by atoms with E-state index in [1.54, 1.807) is 6.07 Å². The molecule has 0 saturated carbocycles. The van der Waals surface area contributed by atoms with Crippen molar-refractivity contribution in [3.63, 3.8) is 0 Å². The molecule has 0 atom stereocenters. The quantitative estimate of drug-likeness (QED) is 0.874. The number of nitrogens with zero attached hydrogens (tertiary/aromatic N) is 1. The minimum absolute atomic E-state index is 0.0705. The number of aromatic nitrogens is 1. The first kappa shape index (κ1) is 14.0. The molecule has 0 fully saturated rings. The maximum Gasteiger partial charge on any atom is 0.141 e. The van der Waals surface area contributed by atoms with Gasteiger partial charge in [-0.15, -0.1) is 0 Å². The van der Waals surface area contributed by atoms with Crippen LogP contribution in [-0.2, 0) is 6.61 Å². The van der Waals surface area contributed by atoms with Crippen LogP contribution in [0.5, 0.6) is 5.75 Å². The van der Waals surface area contributed by atoms with Gasteiger partial charge in [0.2, 0.25) is 0 Å². The normalized spacial score (nSPS) is 9.75. The van der Waals surface area contributed by atoms with E-state index in [0.29, 0.717) is 11.1 Å². The molecule has 0 saturated heterocycles. The van der Waals surface area contributed by atoms with Gasteiger partial charge < -0.3 is 9.84 Å². The van der Waals surface area contributed by atoms with Crippen LogP contribution in [0.4, 0.5) is 8.78 Å². The van der Waals surface area contributed by atoms with Gasteiger partial charge in [-0.25, -0.2) is 8.78 Å². The Kier molecular flexibility index (Phi) is 4.64. The summed E-state index contributed by atoms with van der Waals surface area (Å²) in [4.78, 5) is 3.69. The Morgan fingerprint density at radius 3 is 2.70 bits per heavy atom. The fraction of sp³-hybridized carbons (Fsp3) is 0.133. The average Bonchev–Trinajstić information content (AvgIpc) is 2.42. The maximum atomic E-state index is 13.4. The van der Waals surface area contributed by atoms with Crippen LogP contribution < -0.4 is 4.74 Å². The van der Waals surface area contributed by atoms with Crippen LogP contribution in [0.25, 0.3) is 0 Å². The summed E-state index contributed by atoms with van der Waals surface area (Å²) in [5.41, 5.74) is 0.934. The van der Waals surface area contributed by atoms with E-state index in [9.17, 15) is 8.78 Å². The highest BCUT2D eigenvalue weighted by atomic mass is 19.1. The Morgan fingerprint density at radius 1 is 1.10 bits per heavy atom. The van der Waals surface area contributed by atoms with Crippen molar-refractivity contribution < 1.29 is 18.6 Å². The first-order valence-corrected chi connectivity index (χ1v) is 5.80. The van der Waals surface area contributed by atoms with Crippen molar-refractivity contribution in [1.82, 2.24) is 4.98 Å². The zero-order valence-corrected chi connectivity index (χ0v) is 10.4. The molecule has 20 heavy (non-hydrogen) atoms. The lowest BCUT2D eigenvalue weighted by Gasteiger charge is -2.07. The topological polar surface area (TPSA) is 42.4 Å². The second-order valence-electron chi connectivity index (χ2n) is 3.94. The molecular weight excluding hydrogens is 264 g/mol. The maximum absolute atomic E-state index is 13.4. The summed E-state index contributed by atoms with van der Waals surface area (Å²) >= 11 is 0. The van der Waals surface area contributed by atoms with Crippen LogP contribution in [0.1, 0.15) is 11.1 Å². The smallest absolute Gasteiger partial charge is 0.141 e. The van der Waals surface area contributed by atoms with E-state index in [1.807, 2.05) is 0 Å². The van der Waals surface area contributed by atoms with Gasteiger partial charge in [0.05, 0.1) is 6.20 Å². The summed E-state index contributed by atoms with van der Waals surface area (Å²) in [7, 11) is 0. The van der Waals surface area contributed by atoms with Crippen molar-refractivity contribution in [3.8, 4) is 17.6 Å². The molecule has 0 spiro atoms. The second-order valence-corrected chi connectivity index (χ2v) is 3.94. The number of aliphatic hydroxyl groups is 1. The number of halogens is 2. The Bertz CT molecular complexity index is 662. The SMILES string of the molecule is OCC#Cc1cc(F)cc(OCc2cncc(F)c2)c1. The number of pyridine rings is 1. The first-order valence-electron chi connectivity index (χ1n) is 5.80. The lowest BCUT2D eigenvalue weighted by molar-refractivity contribution is 0.303. The lowest BCUT2D eigenvalue weighted by atomic mass is 10.2. The molecule has 1 heterocycles. The van der Waals surface area contributed by atoms with Crippen molar-refractivity contribution in [2.24, 2.45) is 0 Å². The third kappa shape index (κ3) is 4.04. The van der Waals surface area contributed by atoms with Crippen LogP contribution in [0.15, 0.2) is 36.7 Å². The Hall–Kier alpha value is -2.45. The van der Waals surface area contributed by atoms with E-state index in [4.69, 9.17) is 9.84 Å². The summed E-state index contributed by atoms with van der Waals surface area (Å²) in [6.45, 7) is -0.233. The van der Waals surface area contributed by atoms with E-state index in [1.165, 1.54) is 24.4 Å². The highest BCUT2D eigenvalue weighted by Gasteiger charge is 2.02. The van der Waals surface area contributed by atoms with Gasteiger partial charge in [-0.2, -0.15) is 0 Å². The molecule has 2 rings (SSSR count). The molecule has 0 aliphatic rings. The van der Waals surface area contributed by atoms with Crippen LogP contribution in [0.2, 0.25) is 0 Å². The van der Waals surface area contributed by atoms with Gasteiger partial charge in [0.15, 0.2) is 0 Å². The van der Waals surface area contributed by atoms with Gasteiger partial charge in [0.1, 0.15) is 30.6 Å². The second kappa shape index (κ2) is 6.64. The molecule has 0 aliphatic heterocycles. The number of hydrogen-bond acceptors (Lipinski definition) is 3. The number of ether oxygens (including phenoxy) is 1. The van der Waals surface area contributed by atoms with Crippen molar-refractivity contribution in [1.29, 1.82) is 0 Å². The summed E-state index contributed by atoms with van der Waals surface area (Å²) in [6, 6.07) is 5.27. The minimum Gasteiger partial charge on any atom is -0.489 e. The van der Waals surface area contributed by atoms with Crippen molar-refractivity contribution in [2.45, 2.75) is 6.61 Å². The summed E-state index contributed by atoms with van der Waals surface area (Å²) in [6.07, 6.45) is 2.56. The monoisotopic (exact) mass is 275 g/mol. The Balaban J connectivity index is 2.11. The molecule has 0 aliphatic carbocycles. The van der Waals surface area contributed by atoms with Crippen LogP contribution >= 0.6 is 0 Å². The van der Waals surface area contributed by atoms with Crippen molar-refractivity contribution in [3.05, 3.63) is 59.4 Å². The third-order valence-electron chi connectivity index (χ3n) is 2.35. The van der Waals surface area contributed by atoms with Gasteiger partial charge in [-0.3, -0.25) is 4.98 Å². The zero-order valence-electron chi connectivity index (χ0n) is 10.4. The highest BCUT2D eigenvalue weighted by molar-refractivity contribution is 5.40. The van der Waals surface area contributed by atoms with Crippen molar-refractivity contribution >= 4 is 0 Å². The van der Waals surface area contributed by atoms with Gasteiger partial charge in [0, 0.05) is 23.4 Å². The fourth-order valence-corrected chi connectivity index (χ4v) is 1.56. The van der Waals surface area contributed by atoms with E-state index in [-0.39, 0.29) is 19.0 Å². The molecule has 0 radical (unpaired) electrons. The molecule has 2 aromatic rings. The van der Waals surface area contributed by atoms with E-state index in [0.717, 1.165) is 6.20 Å². The predicted molar refractivity (Wildman–Crippen MR) is 68.9 cm³/mol. The molecule has 1 N–H and O–H groups in total. The molecule has 3 nitrogen and oxygen atoms in total. The number of aliphatic hydroxyl groups excluding tert-OH is 1. The van der Waals surface area contributed by atoms with Crippen LogP contribution in [0, 0.1) is 23.5 Å². The minimum atomic E-state index is -0.498. The summed E-state index contributed by atoms with van der Waals surface area (Å²) < 4.78 is 31.7. The van der Waals surface area contributed by atoms with E-state index >= 15 is 0 Å². The number of hydrogen-bond donors (Lipinski definition) is 1. The largest absolute Gasteiger partial charge is 0.489 e. The highest BCUT2D eigenvalue weighted by Crippen LogP contribution is 2.17. The van der Waals surface area contributed by atoms with Crippen molar-refractivity contribution in [2.75, 3.05) is 6.61 Å². The molecule has 1 aromatic carbocycles.